The fourth-order valence-corrected chi connectivity index (χ4v) is 4.55. The lowest BCUT2D eigenvalue weighted by Crippen LogP contribution is -2.36. The van der Waals surface area contributed by atoms with Crippen LogP contribution in [0.2, 0.25) is 0 Å². The molecule has 2 heterocycles. The molecule has 5 rings (SSSR count). The lowest BCUT2D eigenvalue weighted by molar-refractivity contribution is 0.415. The van der Waals surface area contributed by atoms with E-state index in [1.54, 1.807) is 7.11 Å². The molecule has 3 heteroatoms. The number of fused-ring (bicyclic) bond motifs is 1. The van der Waals surface area contributed by atoms with Crippen molar-refractivity contribution in [1.29, 1.82) is 0 Å². The van der Waals surface area contributed by atoms with Crippen LogP contribution in [-0.4, -0.2) is 13.7 Å². The minimum atomic E-state index is 0.0935. The monoisotopic (exact) mass is 395 g/mol. The van der Waals surface area contributed by atoms with E-state index in [9.17, 15) is 0 Å². The van der Waals surface area contributed by atoms with E-state index in [0.717, 1.165) is 35.8 Å². The van der Waals surface area contributed by atoms with Crippen molar-refractivity contribution >= 4 is 5.69 Å². The van der Waals surface area contributed by atoms with E-state index >= 15 is 0 Å². The number of hydrogen-bond donors (Lipinski definition) is 0. The SMILES string of the molecule is COc1ccc(N2CCc3c(C)oc(-c4ccccc4)c3C2c2ccccc2)cc1. The summed E-state index contributed by atoms with van der Waals surface area (Å²) in [5.74, 6) is 2.88. The second kappa shape index (κ2) is 7.75. The molecule has 0 spiro atoms. The van der Waals surface area contributed by atoms with Crippen LogP contribution in [0, 0.1) is 6.92 Å². The van der Waals surface area contributed by atoms with Crippen LogP contribution in [0.15, 0.2) is 89.3 Å². The quantitative estimate of drug-likeness (QED) is 0.399. The molecule has 1 aliphatic rings. The summed E-state index contributed by atoms with van der Waals surface area (Å²) in [4.78, 5) is 2.48. The van der Waals surface area contributed by atoms with E-state index in [4.69, 9.17) is 9.15 Å². The van der Waals surface area contributed by atoms with Gasteiger partial charge in [-0.15, -0.1) is 0 Å². The molecular weight excluding hydrogens is 370 g/mol. The zero-order valence-corrected chi connectivity index (χ0v) is 17.3. The Morgan fingerprint density at radius 1 is 0.867 bits per heavy atom. The van der Waals surface area contributed by atoms with E-state index in [-0.39, 0.29) is 6.04 Å². The number of hydrogen-bond acceptors (Lipinski definition) is 3. The molecule has 0 fully saturated rings. The highest BCUT2D eigenvalue weighted by molar-refractivity contribution is 5.69. The second-order valence-electron chi connectivity index (χ2n) is 7.70. The maximum atomic E-state index is 6.38. The molecule has 30 heavy (non-hydrogen) atoms. The lowest BCUT2D eigenvalue weighted by atomic mass is 9.86. The van der Waals surface area contributed by atoms with Crippen molar-refractivity contribution in [3.8, 4) is 17.1 Å². The fourth-order valence-electron chi connectivity index (χ4n) is 4.55. The molecule has 0 saturated carbocycles. The minimum Gasteiger partial charge on any atom is -0.497 e. The van der Waals surface area contributed by atoms with Crippen LogP contribution in [-0.2, 0) is 6.42 Å². The maximum absolute atomic E-state index is 6.38. The second-order valence-corrected chi connectivity index (χ2v) is 7.70. The highest BCUT2D eigenvalue weighted by Gasteiger charge is 2.35. The van der Waals surface area contributed by atoms with Gasteiger partial charge < -0.3 is 14.1 Å². The standard InChI is InChI=1S/C27H25NO2/c1-19-24-17-18-28(22-13-15-23(29-2)16-14-22)26(20-9-5-3-6-10-20)25(24)27(30-19)21-11-7-4-8-12-21/h3-16,26H,17-18H2,1-2H3. The molecule has 0 amide bonds. The van der Waals surface area contributed by atoms with Crippen LogP contribution in [0.1, 0.15) is 28.5 Å². The first-order valence-electron chi connectivity index (χ1n) is 10.4. The third kappa shape index (κ3) is 3.17. The van der Waals surface area contributed by atoms with Crippen LogP contribution >= 0.6 is 0 Å². The minimum absolute atomic E-state index is 0.0935. The van der Waals surface area contributed by atoms with E-state index in [1.807, 2.05) is 18.2 Å². The Hall–Kier alpha value is -3.46. The van der Waals surface area contributed by atoms with Gasteiger partial charge in [-0.2, -0.15) is 0 Å². The van der Waals surface area contributed by atoms with Gasteiger partial charge in [-0.1, -0.05) is 60.7 Å². The van der Waals surface area contributed by atoms with Crippen molar-refractivity contribution in [2.75, 3.05) is 18.6 Å². The lowest BCUT2D eigenvalue weighted by Gasteiger charge is -2.38. The Morgan fingerprint density at radius 2 is 1.53 bits per heavy atom. The highest BCUT2D eigenvalue weighted by Crippen LogP contribution is 2.45. The summed E-state index contributed by atoms with van der Waals surface area (Å²) in [6.07, 6.45) is 0.965. The van der Waals surface area contributed by atoms with Gasteiger partial charge in [0, 0.05) is 28.9 Å². The summed E-state index contributed by atoms with van der Waals surface area (Å²) in [5.41, 5.74) is 6.21. The molecule has 1 aromatic heterocycles. The zero-order valence-electron chi connectivity index (χ0n) is 17.3. The van der Waals surface area contributed by atoms with Crippen molar-refractivity contribution in [3.63, 3.8) is 0 Å². The average Bonchev–Trinajstić information content (AvgIpc) is 3.16. The Morgan fingerprint density at radius 3 is 2.20 bits per heavy atom. The molecule has 1 aliphatic heterocycles. The molecule has 0 bridgehead atoms. The fraction of sp³-hybridized carbons (Fsp3) is 0.185. The summed E-state index contributed by atoms with van der Waals surface area (Å²) in [6.45, 7) is 3.03. The van der Waals surface area contributed by atoms with Crippen LogP contribution < -0.4 is 9.64 Å². The van der Waals surface area contributed by atoms with Gasteiger partial charge in [-0.3, -0.25) is 0 Å². The number of nitrogens with zero attached hydrogens (tertiary/aromatic N) is 1. The summed E-state index contributed by atoms with van der Waals surface area (Å²) in [7, 11) is 1.70. The van der Waals surface area contributed by atoms with Crippen molar-refractivity contribution in [3.05, 3.63) is 107 Å². The van der Waals surface area contributed by atoms with Gasteiger partial charge in [0.15, 0.2) is 0 Å². The highest BCUT2D eigenvalue weighted by atomic mass is 16.5. The topological polar surface area (TPSA) is 25.6 Å². The Labute approximate surface area is 177 Å². The predicted molar refractivity (Wildman–Crippen MR) is 121 cm³/mol. The predicted octanol–water partition coefficient (Wildman–Crippen LogP) is 6.42. The Kier molecular flexibility index (Phi) is 4.80. The van der Waals surface area contributed by atoms with Gasteiger partial charge in [0.05, 0.1) is 13.2 Å². The van der Waals surface area contributed by atoms with Gasteiger partial charge in [0.1, 0.15) is 17.3 Å². The normalized spacial score (nSPS) is 15.7. The van der Waals surface area contributed by atoms with Crippen LogP contribution in [0.3, 0.4) is 0 Å². The molecule has 3 aromatic carbocycles. The van der Waals surface area contributed by atoms with Crippen LogP contribution in [0.25, 0.3) is 11.3 Å². The summed E-state index contributed by atoms with van der Waals surface area (Å²) >= 11 is 0. The summed E-state index contributed by atoms with van der Waals surface area (Å²) in [5, 5.41) is 0. The molecule has 3 nitrogen and oxygen atoms in total. The average molecular weight is 396 g/mol. The molecule has 4 aromatic rings. The number of furan rings is 1. The number of ether oxygens (including phenoxy) is 1. The van der Waals surface area contributed by atoms with E-state index in [0.29, 0.717) is 0 Å². The largest absolute Gasteiger partial charge is 0.497 e. The summed E-state index contributed by atoms with van der Waals surface area (Å²) in [6, 6.07) is 29.6. The van der Waals surface area contributed by atoms with E-state index in [2.05, 4.69) is 78.6 Å². The van der Waals surface area contributed by atoms with Gasteiger partial charge in [0.2, 0.25) is 0 Å². The third-order valence-corrected chi connectivity index (χ3v) is 5.99. The van der Waals surface area contributed by atoms with E-state index in [1.165, 1.54) is 22.4 Å². The van der Waals surface area contributed by atoms with E-state index < -0.39 is 0 Å². The van der Waals surface area contributed by atoms with Crippen LogP contribution in [0.5, 0.6) is 5.75 Å². The van der Waals surface area contributed by atoms with Gasteiger partial charge in [0.25, 0.3) is 0 Å². The zero-order chi connectivity index (χ0) is 20.5. The van der Waals surface area contributed by atoms with Gasteiger partial charge >= 0.3 is 0 Å². The molecule has 1 unspecified atom stereocenters. The third-order valence-electron chi connectivity index (χ3n) is 5.99. The Bertz CT molecular complexity index is 1130. The van der Waals surface area contributed by atoms with Crippen molar-refractivity contribution in [2.24, 2.45) is 0 Å². The van der Waals surface area contributed by atoms with Crippen molar-refractivity contribution < 1.29 is 9.15 Å². The number of methoxy groups -OCH3 is 1. The number of benzene rings is 3. The molecule has 1 atom stereocenters. The summed E-state index contributed by atoms with van der Waals surface area (Å²) < 4.78 is 11.8. The first kappa shape index (κ1) is 18.6. The molecule has 150 valence electrons. The number of anilines is 1. The molecule has 0 radical (unpaired) electrons. The molecule has 0 saturated heterocycles. The number of rotatable bonds is 4. The number of aryl methyl sites for hydroxylation is 1. The first-order chi connectivity index (χ1) is 14.8. The maximum Gasteiger partial charge on any atom is 0.140 e. The molecule has 0 aliphatic carbocycles. The molecule has 0 N–H and O–H groups in total. The Balaban J connectivity index is 1.70. The van der Waals surface area contributed by atoms with Gasteiger partial charge in [-0.05, 0) is 43.2 Å². The molecular formula is C27H25NO2. The van der Waals surface area contributed by atoms with Gasteiger partial charge in [-0.25, -0.2) is 0 Å². The smallest absolute Gasteiger partial charge is 0.140 e. The first-order valence-corrected chi connectivity index (χ1v) is 10.4. The van der Waals surface area contributed by atoms with Crippen LogP contribution in [0.4, 0.5) is 5.69 Å². The van der Waals surface area contributed by atoms with Crippen molar-refractivity contribution in [2.45, 2.75) is 19.4 Å². The van der Waals surface area contributed by atoms with Crippen molar-refractivity contribution in [1.82, 2.24) is 0 Å².